The van der Waals surface area contributed by atoms with Crippen molar-refractivity contribution in [3.63, 3.8) is 0 Å². The van der Waals surface area contributed by atoms with Crippen LogP contribution in [0.2, 0.25) is 0 Å². The van der Waals surface area contributed by atoms with Crippen molar-refractivity contribution >= 4 is 24.4 Å². The predicted molar refractivity (Wildman–Crippen MR) is 135 cm³/mol. The molecule has 2 bridgehead atoms. The van der Waals surface area contributed by atoms with Crippen molar-refractivity contribution in [1.82, 2.24) is 20.8 Å². The fourth-order valence-electron chi connectivity index (χ4n) is 6.56. The highest BCUT2D eigenvalue weighted by Gasteiger charge is 2.41. The third-order valence-electron chi connectivity index (χ3n) is 8.16. The van der Waals surface area contributed by atoms with Crippen LogP contribution in [0.15, 0.2) is 11.5 Å². The highest BCUT2D eigenvalue weighted by molar-refractivity contribution is 7.92. The van der Waals surface area contributed by atoms with Crippen LogP contribution in [0.4, 0.5) is 0 Å². The molecular weight excluding hydrogens is 450 g/mol. The van der Waals surface area contributed by atoms with Crippen molar-refractivity contribution < 1.29 is 13.8 Å². The van der Waals surface area contributed by atoms with Crippen molar-refractivity contribution in [3.8, 4) is 0 Å². The summed E-state index contributed by atoms with van der Waals surface area (Å²) in [7, 11) is 0. The van der Waals surface area contributed by atoms with Gasteiger partial charge in [-0.25, -0.2) is 9.01 Å². The maximum absolute atomic E-state index is 13.5. The molecule has 8 nitrogen and oxygen atoms in total. The van der Waals surface area contributed by atoms with E-state index in [2.05, 4.69) is 34.7 Å². The number of rotatable bonds is 10. The van der Waals surface area contributed by atoms with Crippen LogP contribution >= 0.6 is 12.2 Å². The molecule has 0 aromatic heterocycles. The van der Waals surface area contributed by atoms with E-state index >= 15 is 0 Å². The second-order valence-electron chi connectivity index (χ2n) is 11.0. The molecule has 6 atom stereocenters. The molecule has 4 fully saturated rings. The molecule has 9 heteroatoms. The van der Waals surface area contributed by atoms with Crippen LogP contribution in [0.5, 0.6) is 0 Å². The van der Waals surface area contributed by atoms with Crippen molar-refractivity contribution in [2.75, 3.05) is 13.2 Å². The lowest BCUT2D eigenvalue weighted by Gasteiger charge is -2.46. The van der Waals surface area contributed by atoms with Crippen LogP contribution in [0.1, 0.15) is 78.1 Å². The van der Waals surface area contributed by atoms with Crippen LogP contribution in [0.3, 0.4) is 0 Å². The summed E-state index contributed by atoms with van der Waals surface area (Å²) in [5.41, 5.74) is 3.19. The summed E-state index contributed by atoms with van der Waals surface area (Å²) in [5, 5.41) is 14.7. The van der Waals surface area contributed by atoms with Gasteiger partial charge in [0.1, 0.15) is 17.8 Å². The minimum atomic E-state index is -0.189. The highest BCUT2D eigenvalue weighted by Crippen LogP contribution is 2.44. The molecule has 1 aliphatic heterocycles. The Bertz CT molecular complexity index is 719. The van der Waals surface area contributed by atoms with E-state index in [9.17, 15) is 4.79 Å². The number of carbonyl (C=O) groups excluding carboxylic acids is 1. The monoisotopic (exact) mass is 493 g/mol. The number of ether oxygens (including phenoxy) is 1. The van der Waals surface area contributed by atoms with Crippen LogP contribution < -0.4 is 20.8 Å². The summed E-state index contributed by atoms with van der Waals surface area (Å²) in [6.07, 6.45) is 13.0. The average Bonchev–Trinajstić information content (AvgIpc) is 3.34. The second kappa shape index (κ2) is 12.6. The Balaban J connectivity index is 1.43. The van der Waals surface area contributed by atoms with Gasteiger partial charge in [0, 0.05) is 18.8 Å². The lowest BCUT2D eigenvalue weighted by molar-refractivity contribution is -0.119. The summed E-state index contributed by atoms with van der Waals surface area (Å²) >= 11 is 1.18. The van der Waals surface area contributed by atoms with Crippen LogP contribution in [-0.2, 0) is 13.8 Å². The first-order valence-electron chi connectivity index (χ1n) is 13.3. The van der Waals surface area contributed by atoms with Gasteiger partial charge in [-0.05, 0) is 74.5 Å². The average molecular weight is 494 g/mol. The molecule has 0 aromatic rings. The first-order chi connectivity index (χ1) is 16.5. The van der Waals surface area contributed by atoms with E-state index in [0.29, 0.717) is 42.4 Å². The Morgan fingerprint density at radius 3 is 2.74 bits per heavy atom. The smallest absolute Gasteiger partial charge is 0.258 e. The molecule has 3 aliphatic carbocycles. The van der Waals surface area contributed by atoms with Gasteiger partial charge in [0.2, 0.25) is 5.88 Å². The minimum absolute atomic E-state index is 0.0266. The largest absolute Gasteiger partial charge is 0.478 e. The van der Waals surface area contributed by atoms with Gasteiger partial charge in [0.05, 0.1) is 12.8 Å². The number of hydrogen-bond acceptors (Lipinski definition) is 8. The van der Waals surface area contributed by atoms with Gasteiger partial charge in [-0.15, -0.1) is 0 Å². The van der Waals surface area contributed by atoms with Gasteiger partial charge in [-0.1, -0.05) is 33.1 Å². The Kier molecular flexibility index (Phi) is 9.56. The fourth-order valence-corrected chi connectivity index (χ4v) is 7.06. The third-order valence-corrected chi connectivity index (χ3v) is 8.72. The zero-order chi connectivity index (χ0) is 23.9. The van der Waals surface area contributed by atoms with Gasteiger partial charge >= 0.3 is 0 Å². The Hall–Kier alpha value is -1.29. The molecule has 3 saturated carbocycles. The molecule has 1 amide bonds. The first-order valence-corrected chi connectivity index (χ1v) is 14.0. The number of hydrogen-bond donors (Lipinski definition) is 5. The quantitative estimate of drug-likeness (QED) is 0.103. The van der Waals surface area contributed by atoms with E-state index in [-0.39, 0.29) is 18.1 Å². The Labute approximate surface area is 208 Å². The summed E-state index contributed by atoms with van der Waals surface area (Å²) in [5.74, 6) is 3.28. The lowest BCUT2D eigenvalue weighted by Crippen LogP contribution is -2.51. The van der Waals surface area contributed by atoms with E-state index in [1.165, 1.54) is 70.0 Å². The molecular formula is C25H43N5O3S. The molecule has 192 valence electrons. The lowest BCUT2D eigenvalue weighted by atomic mass is 9.63. The number of amides is 1. The van der Waals surface area contributed by atoms with Crippen molar-refractivity contribution in [2.24, 2.45) is 29.6 Å². The normalized spacial score (nSPS) is 34.8. The maximum Gasteiger partial charge on any atom is 0.258 e. The molecule has 0 radical (unpaired) electrons. The van der Waals surface area contributed by atoms with E-state index in [1.807, 2.05) is 0 Å². The van der Waals surface area contributed by atoms with Crippen LogP contribution in [0, 0.1) is 35.0 Å². The summed E-state index contributed by atoms with van der Waals surface area (Å²) in [4.78, 5) is 13.5. The molecule has 1 saturated heterocycles. The SMILES string of the molecule is CC1CC2CC(C)C(NC(=O)/C(C=N)=C(/NCCC3NOSN3)OCC3CCCCC3)C(C1)C2. The molecule has 4 aliphatic rings. The van der Waals surface area contributed by atoms with Crippen molar-refractivity contribution in [3.05, 3.63) is 11.5 Å². The molecule has 1 heterocycles. The van der Waals surface area contributed by atoms with Crippen LogP contribution in [0.25, 0.3) is 0 Å². The van der Waals surface area contributed by atoms with E-state index < -0.39 is 0 Å². The van der Waals surface area contributed by atoms with E-state index in [1.54, 1.807) is 0 Å². The van der Waals surface area contributed by atoms with Gasteiger partial charge in [-0.2, -0.15) is 5.48 Å². The van der Waals surface area contributed by atoms with Gasteiger partial charge in [0.15, 0.2) is 0 Å². The van der Waals surface area contributed by atoms with Crippen molar-refractivity contribution in [1.29, 1.82) is 5.41 Å². The standard InChI is InChI=1S/C25H43N5O3S/c1-16-10-19-12-17(2)23(20(11-16)13-19)28-24(31)21(14-26)25(27-9-8-22-29-33-34-30-22)32-15-18-6-4-3-5-7-18/h14,16-20,22-23,26-27,29-30H,3-13,15H2,1-2H3,(H,28,31)/b25-21-,26-14?. The summed E-state index contributed by atoms with van der Waals surface area (Å²) in [6.45, 7) is 5.80. The maximum atomic E-state index is 13.5. The second-order valence-corrected chi connectivity index (χ2v) is 11.6. The number of hydroxylamine groups is 1. The molecule has 0 spiro atoms. The summed E-state index contributed by atoms with van der Waals surface area (Å²) in [6, 6.07) is 0.169. The summed E-state index contributed by atoms with van der Waals surface area (Å²) < 4.78 is 14.4. The van der Waals surface area contributed by atoms with E-state index in [0.717, 1.165) is 24.5 Å². The zero-order valence-corrected chi connectivity index (χ0v) is 21.6. The topological polar surface area (TPSA) is 108 Å². The fraction of sp³-hybridized carbons (Fsp3) is 0.840. The number of nitrogens with one attached hydrogen (secondary N) is 5. The number of carbonyl (C=O) groups is 1. The molecule has 6 unspecified atom stereocenters. The third kappa shape index (κ3) is 6.89. The molecule has 5 N–H and O–H groups in total. The minimum Gasteiger partial charge on any atom is -0.478 e. The van der Waals surface area contributed by atoms with Crippen molar-refractivity contribution in [2.45, 2.75) is 90.3 Å². The molecule has 34 heavy (non-hydrogen) atoms. The predicted octanol–water partition coefficient (Wildman–Crippen LogP) is 4.01. The zero-order valence-electron chi connectivity index (χ0n) is 20.7. The van der Waals surface area contributed by atoms with Gasteiger partial charge < -0.3 is 20.8 Å². The Morgan fingerprint density at radius 1 is 1.18 bits per heavy atom. The molecule has 0 aromatic carbocycles. The molecule has 4 rings (SSSR count). The van der Waals surface area contributed by atoms with Gasteiger partial charge in [0.25, 0.3) is 5.91 Å². The van der Waals surface area contributed by atoms with Gasteiger partial charge in [-0.3, -0.25) is 4.79 Å². The first kappa shape index (κ1) is 25.8. The number of fused-ring (bicyclic) bond motifs is 2. The highest BCUT2D eigenvalue weighted by atomic mass is 32.2. The van der Waals surface area contributed by atoms with E-state index in [4.69, 9.17) is 14.4 Å². The Morgan fingerprint density at radius 2 is 2.00 bits per heavy atom. The van der Waals surface area contributed by atoms with Crippen LogP contribution in [-0.4, -0.2) is 37.5 Å².